The Balaban J connectivity index is 1.88. The first-order valence-electron chi connectivity index (χ1n) is 7.02. The van der Waals surface area contributed by atoms with Crippen LogP contribution in [0.4, 0.5) is 0 Å². The fraction of sp³-hybridized carbons (Fsp3) is 0.105. The molecule has 1 aliphatic rings. The van der Waals surface area contributed by atoms with Crippen molar-refractivity contribution in [2.45, 2.75) is 6.92 Å². The molecule has 0 aliphatic carbocycles. The van der Waals surface area contributed by atoms with Crippen LogP contribution < -0.4 is 4.74 Å². The van der Waals surface area contributed by atoms with Gasteiger partial charge in [-0.2, -0.15) is 0 Å². The zero-order chi connectivity index (χ0) is 15.5. The molecule has 0 unspecified atom stereocenters. The van der Waals surface area contributed by atoms with Gasteiger partial charge < -0.3 is 9.47 Å². The first-order chi connectivity index (χ1) is 10.7. The van der Waals surface area contributed by atoms with Gasteiger partial charge in [0.15, 0.2) is 0 Å². The van der Waals surface area contributed by atoms with Gasteiger partial charge in [-0.15, -0.1) is 0 Å². The van der Waals surface area contributed by atoms with Crippen LogP contribution in [0.15, 0.2) is 60.2 Å². The second kappa shape index (κ2) is 5.90. The molecule has 0 spiro atoms. The molecule has 0 saturated carbocycles. The lowest BCUT2D eigenvalue weighted by Crippen LogP contribution is -1.97. The Kier molecular flexibility index (Phi) is 3.79. The van der Waals surface area contributed by atoms with Crippen molar-refractivity contribution in [3.63, 3.8) is 0 Å². The fourth-order valence-corrected chi connectivity index (χ4v) is 2.23. The summed E-state index contributed by atoms with van der Waals surface area (Å²) in [6.07, 6.45) is 3.58. The molecular weight excluding hydrogens is 276 g/mol. The Hall–Kier alpha value is -2.81. The van der Waals surface area contributed by atoms with Gasteiger partial charge in [0.1, 0.15) is 11.5 Å². The average Bonchev–Trinajstić information content (AvgIpc) is 2.90. The Labute approximate surface area is 129 Å². The monoisotopic (exact) mass is 292 g/mol. The number of rotatable bonds is 3. The zero-order valence-corrected chi connectivity index (χ0v) is 12.5. The van der Waals surface area contributed by atoms with Crippen LogP contribution in [-0.2, 0) is 9.53 Å². The van der Waals surface area contributed by atoms with Gasteiger partial charge in [0, 0.05) is 5.56 Å². The molecule has 3 heteroatoms. The van der Waals surface area contributed by atoms with Crippen LogP contribution in [-0.4, -0.2) is 13.1 Å². The van der Waals surface area contributed by atoms with Gasteiger partial charge >= 0.3 is 5.97 Å². The smallest absolute Gasteiger partial charge is 0.343 e. The van der Waals surface area contributed by atoms with E-state index in [1.54, 1.807) is 13.2 Å². The molecule has 22 heavy (non-hydrogen) atoms. The van der Waals surface area contributed by atoms with Gasteiger partial charge in [0.05, 0.1) is 12.7 Å². The Morgan fingerprint density at radius 1 is 1.00 bits per heavy atom. The molecule has 3 rings (SSSR count). The van der Waals surface area contributed by atoms with Gasteiger partial charge in [-0.1, -0.05) is 42.0 Å². The van der Waals surface area contributed by atoms with Crippen molar-refractivity contribution in [3.8, 4) is 5.75 Å². The second-order valence-corrected chi connectivity index (χ2v) is 5.14. The van der Waals surface area contributed by atoms with Gasteiger partial charge in [-0.25, -0.2) is 4.79 Å². The van der Waals surface area contributed by atoms with Crippen LogP contribution >= 0.6 is 0 Å². The molecule has 3 nitrogen and oxygen atoms in total. The molecule has 0 N–H and O–H groups in total. The largest absolute Gasteiger partial charge is 0.497 e. The summed E-state index contributed by atoms with van der Waals surface area (Å²) in [6.45, 7) is 2.02. The summed E-state index contributed by atoms with van der Waals surface area (Å²) >= 11 is 0. The van der Waals surface area contributed by atoms with Gasteiger partial charge in [0.25, 0.3) is 0 Å². The maximum Gasteiger partial charge on any atom is 0.343 e. The SMILES string of the molecule is COc1ccc(C=C2C=C(c3ccc(C)cc3)OC2=O)cc1. The van der Waals surface area contributed by atoms with Crippen molar-refractivity contribution < 1.29 is 14.3 Å². The number of benzene rings is 2. The summed E-state index contributed by atoms with van der Waals surface area (Å²) in [5.74, 6) is 1.04. The molecule has 2 aromatic carbocycles. The third-order valence-corrected chi connectivity index (χ3v) is 3.50. The number of hydrogen-bond donors (Lipinski definition) is 0. The predicted molar refractivity (Wildman–Crippen MR) is 86.2 cm³/mol. The molecule has 0 amide bonds. The number of cyclic esters (lactones) is 1. The van der Waals surface area contributed by atoms with Crippen LogP contribution in [0.1, 0.15) is 16.7 Å². The highest BCUT2D eigenvalue weighted by Crippen LogP contribution is 2.27. The maximum absolute atomic E-state index is 12.0. The molecular formula is C19H16O3. The molecule has 1 heterocycles. The van der Waals surface area contributed by atoms with Crippen LogP contribution in [0.25, 0.3) is 11.8 Å². The number of carbonyl (C=O) groups excluding carboxylic acids is 1. The van der Waals surface area contributed by atoms with Crippen molar-refractivity contribution in [1.82, 2.24) is 0 Å². The van der Waals surface area contributed by atoms with E-state index in [2.05, 4.69) is 0 Å². The van der Waals surface area contributed by atoms with Crippen LogP contribution in [0, 0.1) is 6.92 Å². The summed E-state index contributed by atoms with van der Waals surface area (Å²) < 4.78 is 10.5. The Morgan fingerprint density at radius 2 is 1.68 bits per heavy atom. The Bertz CT molecular complexity index is 750. The summed E-state index contributed by atoms with van der Waals surface area (Å²) in [4.78, 5) is 12.0. The lowest BCUT2D eigenvalue weighted by molar-refractivity contribution is -0.130. The first kappa shape index (κ1) is 14.1. The van der Waals surface area contributed by atoms with E-state index in [-0.39, 0.29) is 5.97 Å². The molecule has 0 aromatic heterocycles. The van der Waals surface area contributed by atoms with E-state index in [9.17, 15) is 4.79 Å². The Morgan fingerprint density at radius 3 is 2.32 bits per heavy atom. The topological polar surface area (TPSA) is 35.5 Å². The minimum absolute atomic E-state index is 0.327. The third kappa shape index (κ3) is 2.93. The predicted octanol–water partition coefficient (Wildman–Crippen LogP) is 3.98. The zero-order valence-electron chi connectivity index (χ0n) is 12.5. The highest BCUT2D eigenvalue weighted by atomic mass is 16.5. The summed E-state index contributed by atoms with van der Waals surface area (Å²) in [5, 5.41) is 0. The number of methoxy groups -OCH3 is 1. The van der Waals surface area contributed by atoms with Crippen molar-refractivity contribution in [1.29, 1.82) is 0 Å². The van der Waals surface area contributed by atoms with E-state index in [1.807, 2.05) is 61.5 Å². The normalized spacial score (nSPS) is 15.6. The molecule has 0 radical (unpaired) electrons. The van der Waals surface area contributed by atoms with Crippen LogP contribution in [0.3, 0.4) is 0 Å². The highest BCUT2D eigenvalue weighted by molar-refractivity contribution is 6.05. The van der Waals surface area contributed by atoms with E-state index in [4.69, 9.17) is 9.47 Å². The number of esters is 1. The molecule has 2 aromatic rings. The molecule has 0 atom stereocenters. The lowest BCUT2D eigenvalue weighted by atomic mass is 10.1. The minimum Gasteiger partial charge on any atom is -0.497 e. The van der Waals surface area contributed by atoms with Gasteiger partial charge in [0.2, 0.25) is 0 Å². The van der Waals surface area contributed by atoms with Crippen molar-refractivity contribution in [2.24, 2.45) is 0 Å². The average molecular weight is 292 g/mol. The summed E-state index contributed by atoms with van der Waals surface area (Å²) in [5.41, 5.74) is 3.54. The standard InChI is InChI=1S/C19H16O3/c1-13-3-7-15(8-4-13)18-12-16(19(20)22-18)11-14-5-9-17(21-2)10-6-14/h3-12H,1-2H3. The molecule has 0 fully saturated rings. The third-order valence-electron chi connectivity index (χ3n) is 3.50. The van der Waals surface area contributed by atoms with Crippen LogP contribution in [0.2, 0.25) is 0 Å². The molecule has 0 saturated heterocycles. The van der Waals surface area contributed by atoms with Crippen molar-refractivity contribution in [2.75, 3.05) is 7.11 Å². The van der Waals surface area contributed by atoms with Crippen molar-refractivity contribution in [3.05, 3.63) is 76.9 Å². The quantitative estimate of drug-likeness (QED) is 0.634. The number of ether oxygens (including phenoxy) is 2. The fourth-order valence-electron chi connectivity index (χ4n) is 2.23. The van der Waals surface area contributed by atoms with Gasteiger partial charge in [-0.05, 0) is 36.8 Å². The number of aryl methyl sites for hydroxylation is 1. The molecule has 0 bridgehead atoms. The van der Waals surface area contributed by atoms with E-state index in [1.165, 1.54) is 5.56 Å². The van der Waals surface area contributed by atoms with E-state index in [0.717, 1.165) is 16.9 Å². The molecule has 1 aliphatic heterocycles. The van der Waals surface area contributed by atoms with Gasteiger partial charge in [-0.3, -0.25) is 0 Å². The maximum atomic E-state index is 12.0. The minimum atomic E-state index is -0.327. The second-order valence-electron chi connectivity index (χ2n) is 5.14. The van der Waals surface area contributed by atoms with E-state index >= 15 is 0 Å². The van der Waals surface area contributed by atoms with E-state index < -0.39 is 0 Å². The summed E-state index contributed by atoms with van der Waals surface area (Å²) in [7, 11) is 1.62. The number of hydrogen-bond acceptors (Lipinski definition) is 3. The number of carbonyl (C=O) groups is 1. The van der Waals surface area contributed by atoms with E-state index in [0.29, 0.717) is 11.3 Å². The summed E-state index contributed by atoms with van der Waals surface area (Å²) in [6, 6.07) is 15.4. The van der Waals surface area contributed by atoms with Crippen LogP contribution in [0.5, 0.6) is 5.75 Å². The first-order valence-corrected chi connectivity index (χ1v) is 7.02. The lowest BCUT2D eigenvalue weighted by Gasteiger charge is -2.01. The van der Waals surface area contributed by atoms with Crippen molar-refractivity contribution >= 4 is 17.8 Å². The highest BCUT2D eigenvalue weighted by Gasteiger charge is 2.21. The molecule has 110 valence electrons.